The summed E-state index contributed by atoms with van der Waals surface area (Å²) in [6.45, 7) is -0.219. The Bertz CT molecular complexity index is 1020. The van der Waals surface area contributed by atoms with Crippen LogP contribution < -0.4 is 64.2 Å². The average Bonchev–Trinajstić information content (AvgIpc) is 2.74. The second-order valence-electron chi connectivity index (χ2n) is 7.41. The van der Waals surface area contributed by atoms with Gasteiger partial charge < -0.3 is 49.0 Å². The van der Waals surface area contributed by atoms with Crippen molar-refractivity contribution < 1.29 is 143 Å². The van der Waals surface area contributed by atoms with Crippen LogP contribution in [0.1, 0.15) is 6.92 Å². The Kier molecular flexibility index (Phi) is 15.7. The molecule has 210 valence electrons. The third kappa shape index (κ3) is 10.7. The van der Waals surface area contributed by atoms with E-state index in [4.69, 9.17) is 18.8 Å². The van der Waals surface area contributed by atoms with Crippen LogP contribution >= 0.6 is 0 Å². The van der Waals surface area contributed by atoms with Crippen molar-refractivity contribution in [3.8, 4) is 0 Å². The Morgan fingerprint density at radius 2 is 1.58 bits per heavy atom. The minimum absolute atomic E-state index is 0. The van der Waals surface area contributed by atoms with E-state index in [-0.39, 0.29) is 59.1 Å². The minimum Gasteiger partial charge on any atom is -0.862 e. The number of nitrogens with zero attached hydrogens (tertiary/aromatic N) is 1. The largest absolute Gasteiger partial charge is 1.00 e. The van der Waals surface area contributed by atoms with Crippen molar-refractivity contribution in [1.29, 1.82) is 0 Å². The smallest absolute Gasteiger partial charge is 0.862 e. The van der Waals surface area contributed by atoms with E-state index in [2.05, 4.69) is 18.1 Å². The van der Waals surface area contributed by atoms with Gasteiger partial charge in [-0.1, -0.05) is 0 Å². The van der Waals surface area contributed by atoms with E-state index >= 15 is 0 Å². The number of rotatable bonds is 9. The van der Waals surface area contributed by atoms with Gasteiger partial charge in [0, 0.05) is 0 Å². The number of ether oxygens (including phenoxy) is 4. The summed E-state index contributed by atoms with van der Waals surface area (Å²) in [5.74, 6) is -2.25. The van der Waals surface area contributed by atoms with Gasteiger partial charge in [-0.05, 0) is 12.8 Å². The molecule has 19 nitrogen and oxygen atoms in total. The molecule has 10 atom stereocenters. The first-order valence-corrected chi connectivity index (χ1v) is 12.4. The number of esters is 1. The fourth-order valence-corrected chi connectivity index (χ4v) is 4.19. The van der Waals surface area contributed by atoms with Crippen molar-refractivity contribution in [1.82, 2.24) is 0 Å². The topological polar surface area (TPSA) is 300 Å². The molecule has 5 N–H and O–H groups in total. The molecule has 0 saturated carbocycles. The Morgan fingerprint density at radius 1 is 1.00 bits per heavy atom. The molecule has 2 aliphatic rings. The van der Waals surface area contributed by atoms with Gasteiger partial charge in [-0.2, -0.15) is 8.42 Å². The molecule has 2 heterocycles. The van der Waals surface area contributed by atoms with Crippen LogP contribution in [0.25, 0.3) is 0 Å². The number of aliphatic imine (C=N–C) groups is 1. The first-order chi connectivity index (χ1) is 16.4. The quantitative estimate of drug-likeness (QED) is 0.0401. The Morgan fingerprint density at radius 3 is 2.05 bits per heavy atom. The van der Waals surface area contributed by atoms with Gasteiger partial charge in [0.05, 0.1) is 13.7 Å². The van der Waals surface area contributed by atoms with E-state index in [0.29, 0.717) is 0 Å². The van der Waals surface area contributed by atoms with E-state index in [1.807, 2.05) is 0 Å². The maximum absolute atomic E-state index is 12.0. The summed E-state index contributed by atoms with van der Waals surface area (Å²) in [6, 6.07) is -1.79. The molecule has 0 bridgehead atoms. The van der Waals surface area contributed by atoms with Gasteiger partial charge in [0.1, 0.15) is 42.7 Å². The molecule has 2 rings (SSSR count). The maximum atomic E-state index is 12.0. The third-order valence-electron chi connectivity index (χ3n) is 4.87. The predicted molar refractivity (Wildman–Crippen MR) is 103 cm³/mol. The SMILES string of the molecule is COC(=O)[C@H]1O[C@@H](O[C@H]2[C@H](O)[C@@H](COS(=O)(=O)[O-])O[C@@H](O)[C@@H]2N=C(C)[O-])[C@H](O)[C@@H](OS(=O)(=O)O)[C@@H]1O.[Na+].[Na+]. The summed E-state index contributed by atoms with van der Waals surface area (Å²) < 4.78 is 91.6. The number of carbonyl (C=O) groups excluding carboxylic acids is 1. The Labute approximate surface area is 260 Å². The molecule has 0 aromatic rings. The summed E-state index contributed by atoms with van der Waals surface area (Å²) in [5.41, 5.74) is 0. The van der Waals surface area contributed by atoms with Crippen LogP contribution in [0.15, 0.2) is 4.99 Å². The molecule has 0 radical (unpaired) electrons. The molecule has 0 amide bonds. The van der Waals surface area contributed by atoms with E-state index in [0.717, 1.165) is 14.0 Å². The first-order valence-electron chi connectivity index (χ1n) is 9.69. The van der Waals surface area contributed by atoms with Crippen LogP contribution in [0.3, 0.4) is 0 Å². The molecule has 38 heavy (non-hydrogen) atoms. The number of aliphatic hydroxyl groups is 4. The van der Waals surface area contributed by atoms with Crippen molar-refractivity contribution in [3.05, 3.63) is 0 Å². The number of methoxy groups -OCH3 is 1. The van der Waals surface area contributed by atoms with Gasteiger partial charge in [-0.15, -0.1) is 0 Å². The van der Waals surface area contributed by atoms with Gasteiger partial charge in [0.2, 0.25) is 10.4 Å². The molecular weight excluding hydrogens is 592 g/mol. The molecule has 0 spiro atoms. The third-order valence-corrected chi connectivity index (χ3v) is 5.76. The fraction of sp³-hybridized carbons (Fsp3) is 0.867. The van der Waals surface area contributed by atoms with E-state index in [9.17, 15) is 51.7 Å². The molecule has 2 saturated heterocycles. The fourth-order valence-electron chi connectivity index (χ4n) is 3.38. The van der Waals surface area contributed by atoms with Gasteiger partial charge in [0.15, 0.2) is 18.7 Å². The maximum Gasteiger partial charge on any atom is 1.00 e. The standard InChI is InChI=1S/C15H25NO18S2.2Na/c1-4(17)16-6-10(7(18)5(31-13(6)21)3-30-35(23,24)25)32-15-9(20)11(34-36(26,27)28)8(19)12(33-15)14(22)29-2;;/h5-13,15,18-21H,3H2,1-2H3,(H,16,17)(H,23,24,25)(H,26,27,28);;/q;2*+1/p-2/t5-,6-,7-,8+,9-,10-,11+,12+,13-,15-;;/m1../s1. The second kappa shape index (κ2) is 15.6. The zero-order chi connectivity index (χ0) is 27.6. The minimum atomic E-state index is -5.34. The normalized spacial score (nSPS) is 36.5. The van der Waals surface area contributed by atoms with Crippen molar-refractivity contribution >= 4 is 32.7 Å². The van der Waals surface area contributed by atoms with Crippen LogP contribution in [-0.4, -0.2) is 133 Å². The number of aliphatic hydroxyl groups excluding tert-OH is 4. The van der Waals surface area contributed by atoms with Crippen molar-refractivity contribution in [2.75, 3.05) is 13.7 Å². The molecule has 2 aliphatic heterocycles. The van der Waals surface area contributed by atoms with Crippen LogP contribution in [0, 0.1) is 0 Å². The van der Waals surface area contributed by atoms with Gasteiger partial charge >= 0.3 is 75.5 Å². The van der Waals surface area contributed by atoms with Crippen LogP contribution in [-0.2, 0) is 52.9 Å². The van der Waals surface area contributed by atoms with Gasteiger partial charge in [0.25, 0.3) is 0 Å². The summed E-state index contributed by atoms with van der Waals surface area (Å²) >= 11 is 0. The summed E-state index contributed by atoms with van der Waals surface area (Å²) in [5, 5.41) is 53.1. The number of hydrogen-bond donors (Lipinski definition) is 5. The van der Waals surface area contributed by atoms with Crippen molar-refractivity contribution in [2.24, 2.45) is 4.99 Å². The molecule has 0 aromatic carbocycles. The predicted octanol–water partition coefficient (Wildman–Crippen LogP) is -12.1. The summed E-state index contributed by atoms with van der Waals surface area (Å²) in [4.78, 5) is 15.5. The first kappa shape index (κ1) is 38.4. The molecule has 0 unspecified atom stereocenters. The van der Waals surface area contributed by atoms with Crippen LogP contribution in [0.2, 0.25) is 0 Å². The van der Waals surface area contributed by atoms with Crippen LogP contribution in [0.4, 0.5) is 0 Å². The molecule has 23 heteroatoms. The molecule has 0 aromatic heterocycles. The number of carbonyl (C=O) groups is 1. The summed E-state index contributed by atoms with van der Waals surface area (Å²) in [7, 11) is -9.77. The van der Waals surface area contributed by atoms with Crippen molar-refractivity contribution in [3.63, 3.8) is 0 Å². The Hall–Kier alpha value is 0.400. The van der Waals surface area contributed by atoms with E-state index in [1.54, 1.807) is 0 Å². The monoisotopic (exact) mass is 615 g/mol. The molecular formula is C15H23NNa2O18S2. The number of hydrogen-bond acceptors (Lipinski definition) is 18. The summed E-state index contributed by atoms with van der Waals surface area (Å²) in [6.07, 6.45) is -19.1. The molecule has 2 fully saturated rings. The van der Waals surface area contributed by atoms with E-state index in [1.165, 1.54) is 0 Å². The zero-order valence-electron chi connectivity index (χ0n) is 20.3. The van der Waals surface area contributed by atoms with Gasteiger partial charge in [-0.3, -0.25) is 13.7 Å². The van der Waals surface area contributed by atoms with Crippen LogP contribution in [0.5, 0.6) is 0 Å². The zero-order valence-corrected chi connectivity index (χ0v) is 25.9. The van der Waals surface area contributed by atoms with E-state index < -0.39 is 101 Å². The average molecular weight is 615 g/mol. The van der Waals surface area contributed by atoms with Crippen molar-refractivity contribution in [2.45, 2.75) is 68.3 Å². The second-order valence-corrected chi connectivity index (χ2v) is 9.51. The van der Waals surface area contributed by atoms with Gasteiger partial charge in [-0.25, -0.2) is 17.4 Å². The Balaban J connectivity index is 0.00000684. The molecule has 0 aliphatic carbocycles.